The van der Waals surface area contributed by atoms with Crippen LogP contribution in [0.2, 0.25) is 0 Å². The van der Waals surface area contributed by atoms with Gasteiger partial charge in [-0.1, -0.05) is 62.4 Å². The highest BCUT2D eigenvalue weighted by atomic mass is 14.9. The van der Waals surface area contributed by atoms with E-state index in [1.165, 1.54) is 63.4 Å². The minimum Gasteiger partial charge on any atom is -0.317 e. The van der Waals surface area contributed by atoms with Gasteiger partial charge in [-0.25, -0.2) is 0 Å². The first-order chi connectivity index (χ1) is 9.38. The van der Waals surface area contributed by atoms with E-state index in [1.54, 1.807) is 0 Å². The van der Waals surface area contributed by atoms with Crippen LogP contribution >= 0.6 is 0 Å². The lowest BCUT2D eigenvalue weighted by Crippen LogP contribution is -2.28. The van der Waals surface area contributed by atoms with Gasteiger partial charge in [0.2, 0.25) is 0 Å². The SMILES string of the molecule is CNC(CCCc1ccccc1)CC1CCCCC1. The number of nitrogens with one attached hydrogen (secondary N) is 1. The van der Waals surface area contributed by atoms with Gasteiger partial charge >= 0.3 is 0 Å². The van der Waals surface area contributed by atoms with Crippen LogP contribution in [-0.2, 0) is 6.42 Å². The molecule has 1 atom stereocenters. The van der Waals surface area contributed by atoms with Crippen LogP contribution in [-0.4, -0.2) is 13.1 Å². The highest BCUT2D eigenvalue weighted by Gasteiger charge is 2.17. The summed E-state index contributed by atoms with van der Waals surface area (Å²) in [5.41, 5.74) is 1.48. The van der Waals surface area contributed by atoms with E-state index >= 15 is 0 Å². The van der Waals surface area contributed by atoms with Crippen LogP contribution in [0.4, 0.5) is 0 Å². The van der Waals surface area contributed by atoms with Crippen molar-refractivity contribution in [1.82, 2.24) is 5.32 Å². The van der Waals surface area contributed by atoms with Gasteiger partial charge in [0.05, 0.1) is 0 Å². The lowest BCUT2D eigenvalue weighted by atomic mass is 9.84. The molecule has 1 aromatic rings. The quantitative estimate of drug-likeness (QED) is 0.756. The molecule has 0 spiro atoms. The van der Waals surface area contributed by atoms with Gasteiger partial charge in [0, 0.05) is 6.04 Å². The summed E-state index contributed by atoms with van der Waals surface area (Å²) in [4.78, 5) is 0. The van der Waals surface area contributed by atoms with E-state index in [0.717, 1.165) is 12.0 Å². The lowest BCUT2D eigenvalue weighted by Gasteiger charge is -2.26. The van der Waals surface area contributed by atoms with Crippen molar-refractivity contribution in [2.75, 3.05) is 7.05 Å². The van der Waals surface area contributed by atoms with E-state index in [9.17, 15) is 0 Å². The molecule has 1 saturated carbocycles. The maximum atomic E-state index is 3.54. The van der Waals surface area contributed by atoms with E-state index < -0.39 is 0 Å². The molecule has 1 N–H and O–H groups in total. The zero-order valence-corrected chi connectivity index (χ0v) is 12.4. The fourth-order valence-corrected chi connectivity index (χ4v) is 3.40. The monoisotopic (exact) mass is 259 g/mol. The average Bonchev–Trinajstić information content (AvgIpc) is 2.48. The standard InChI is InChI=1S/C18H29N/c1-19-18(15-17-11-6-3-7-12-17)14-8-13-16-9-4-2-5-10-16/h2,4-5,9-10,17-19H,3,6-8,11-15H2,1H3. The Hall–Kier alpha value is -0.820. The minimum atomic E-state index is 0.729. The van der Waals surface area contributed by atoms with Crippen LogP contribution < -0.4 is 5.32 Å². The fraction of sp³-hybridized carbons (Fsp3) is 0.667. The normalized spacial score (nSPS) is 18.4. The molecule has 0 aliphatic heterocycles. The van der Waals surface area contributed by atoms with Gasteiger partial charge in [-0.05, 0) is 44.2 Å². The maximum Gasteiger partial charge on any atom is 0.00668 e. The van der Waals surface area contributed by atoms with Gasteiger partial charge < -0.3 is 5.32 Å². The van der Waals surface area contributed by atoms with E-state index in [-0.39, 0.29) is 0 Å². The number of hydrogen-bond acceptors (Lipinski definition) is 1. The fourth-order valence-electron chi connectivity index (χ4n) is 3.40. The highest BCUT2D eigenvalue weighted by Crippen LogP contribution is 2.28. The van der Waals surface area contributed by atoms with Crippen molar-refractivity contribution in [3.05, 3.63) is 35.9 Å². The summed E-state index contributed by atoms with van der Waals surface area (Å²) in [6.45, 7) is 0. The van der Waals surface area contributed by atoms with Gasteiger partial charge in [0.15, 0.2) is 0 Å². The highest BCUT2D eigenvalue weighted by molar-refractivity contribution is 5.14. The third kappa shape index (κ3) is 5.36. The molecule has 0 saturated heterocycles. The second kappa shape index (κ2) is 8.37. The first kappa shape index (κ1) is 14.6. The topological polar surface area (TPSA) is 12.0 Å². The second-order valence-corrected chi connectivity index (χ2v) is 6.10. The molecule has 1 aromatic carbocycles. The van der Waals surface area contributed by atoms with E-state index in [1.807, 2.05) is 0 Å². The summed E-state index contributed by atoms with van der Waals surface area (Å²) in [6, 6.07) is 11.6. The molecule has 0 amide bonds. The van der Waals surface area contributed by atoms with Gasteiger partial charge in [-0.2, -0.15) is 0 Å². The molecule has 1 heteroatoms. The zero-order chi connectivity index (χ0) is 13.3. The molecule has 0 aromatic heterocycles. The Bertz CT molecular complexity index is 327. The summed E-state index contributed by atoms with van der Waals surface area (Å²) >= 11 is 0. The Kier molecular flexibility index (Phi) is 6.43. The van der Waals surface area contributed by atoms with Crippen LogP contribution in [0.1, 0.15) is 56.9 Å². The Morgan fingerprint density at radius 2 is 1.84 bits per heavy atom. The summed E-state index contributed by atoms with van der Waals surface area (Å²) in [5.74, 6) is 0.989. The molecule has 0 bridgehead atoms. The van der Waals surface area contributed by atoms with Crippen molar-refractivity contribution in [3.8, 4) is 0 Å². The van der Waals surface area contributed by atoms with Crippen LogP contribution in [0.5, 0.6) is 0 Å². The van der Waals surface area contributed by atoms with Crippen LogP contribution in [0.25, 0.3) is 0 Å². The third-order valence-corrected chi connectivity index (χ3v) is 4.61. The average molecular weight is 259 g/mol. The van der Waals surface area contributed by atoms with Crippen molar-refractivity contribution >= 4 is 0 Å². The molecular weight excluding hydrogens is 230 g/mol. The molecule has 1 fully saturated rings. The summed E-state index contributed by atoms with van der Waals surface area (Å²) < 4.78 is 0. The van der Waals surface area contributed by atoms with E-state index in [4.69, 9.17) is 0 Å². The van der Waals surface area contributed by atoms with Crippen molar-refractivity contribution < 1.29 is 0 Å². The Labute approximate surface area is 118 Å². The lowest BCUT2D eigenvalue weighted by molar-refractivity contribution is 0.295. The predicted octanol–water partition coefficient (Wildman–Crippen LogP) is 4.57. The molecule has 0 radical (unpaired) electrons. The molecule has 19 heavy (non-hydrogen) atoms. The predicted molar refractivity (Wildman–Crippen MR) is 83.4 cm³/mol. The molecule has 1 unspecified atom stereocenters. The van der Waals surface area contributed by atoms with Crippen molar-refractivity contribution in [3.63, 3.8) is 0 Å². The first-order valence-corrected chi connectivity index (χ1v) is 8.09. The van der Waals surface area contributed by atoms with Crippen molar-refractivity contribution in [2.24, 2.45) is 5.92 Å². The van der Waals surface area contributed by atoms with Crippen molar-refractivity contribution in [1.29, 1.82) is 0 Å². The molecular formula is C18H29N. The van der Waals surface area contributed by atoms with E-state index in [0.29, 0.717) is 0 Å². The second-order valence-electron chi connectivity index (χ2n) is 6.10. The van der Waals surface area contributed by atoms with Crippen LogP contribution in [0, 0.1) is 5.92 Å². The van der Waals surface area contributed by atoms with Crippen molar-refractivity contribution in [2.45, 2.75) is 63.8 Å². The maximum absolute atomic E-state index is 3.54. The molecule has 1 aliphatic carbocycles. The molecule has 0 heterocycles. The van der Waals surface area contributed by atoms with E-state index in [2.05, 4.69) is 42.7 Å². The van der Waals surface area contributed by atoms with Gasteiger partial charge in [0.1, 0.15) is 0 Å². The van der Waals surface area contributed by atoms with Gasteiger partial charge in [0.25, 0.3) is 0 Å². The molecule has 1 nitrogen and oxygen atoms in total. The Balaban J connectivity index is 1.67. The number of hydrogen-bond donors (Lipinski definition) is 1. The summed E-state index contributed by atoms with van der Waals surface area (Å²) in [5, 5.41) is 3.54. The minimum absolute atomic E-state index is 0.729. The Morgan fingerprint density at radius 3 is 2.53 bits per heavy atom. The molecule has 106 valence electrons. The zero-order valence-electron chi connectivity index (χ0n) is 12.4. The number of rotatable bonds is 7. The smallest absolute Gasteiger partial charge is 0.00668 e. The molecule has 1 aliphatic rings. The van der Waals surface area contributed by atoms with Crippen LogP contribution in [0.3, 0.4) is 0 Å². The van der Waals surface area contributed by atoms with Crippen LogP contribution in [0.15, 0.2) is 30.3 Å². The summed E-state index contributed by atoms with van der Waals surface area (Å²) in [7, 11) is 2.13. The Morgan fingerprint density at radius 1 is 1.11 bits per heavy atom. The summed E-state index contributed by atoms with van der Waals surface area (Å²) in [6.07, 6.45) is 12.6. The van der Waals surface area contributed by atoms with Gasteiger partial charge in [-0.15, -0.1) is 0 Å². The third-order valence-electron chi connectivity index (χ3n) is 4.61. The molecule has 2 rings (SSSR count). The number of aryl methyl sites for hydroxylation is 1. The van der Waals surface area contributed by atoms with Gasteiger partial charge in [-0.3, -0.25) is 0 Å². The first-order valence-electron chi connectivity index (χ1n) is 8.09. The number of benzene rings is 1. The largest absolute Gasteiger partial charge is 0.317 e.